The zero-order valence-electron chi connectivity index (χ0n) is 15.4. The highest BCUT2D eigenvalue weighted by atomic mass is 127. The summed E-state index contributed by atoms with van der Waals surface area (Å²) in [5.41, 5.74) is 1.14. The van der Waals surface area contributed by atoms with Crippen LogP contribution in [0.2, 0.25) is 0 Å². The van der Waals surface area contributed by atoms with Crippen molar-refractivity contribution in [2.75, 3.05) is 24.5 Å². The zero-order chi connectivity index (χ0) is 16.7. The van der Waals surface area contributed by atoms with E-state index < -0.39 is 0 Å². The van der Waals surface area contributed by atoms with E-state index in [2.05, 4.69) is 65.3 Å². The Bertz CT molecular complexity index is 493. The number of nitrogens with zero attached hydrogens (tertiary/aromatic N) is 3. The summed E-state index contributed by atoms with van der Waals surface area (Å²) < 4.78 is 0. The molecule has 2 rings (SSSR count). The average Bonchev–Trinajstić information content (AvgIpc) is 2.54. The molecule has 0 radical (unpaired) electrons. The molecule has 2 heterocycles. The molecule has 1 aliphatic heterocycles. The maximum Gasteiger partial charge on any atom is 0.191 e. The molecule has 1 saturated heterocycles. The Morgan fingerprint density at radius 2 is 2.04 bits per heavy atom. The summed E-state index contributed by atoms with van der Waals surface area (Å²) in [5.74, 6) is 2.80. The van der Waals surface area contributed by atoms with E-state index in [1.165, 1.54) is 12.8 Å². The number of aromatic nitrogens is 1. The minimum atomic E-state index is 0. The quantitative estimate of drug-likeness (QED) is 0.415. The number of hydrogen-bond acceptors (Lipinski definition) is 3. The molecule has 1 aromatic rings. The van der Waals surface area contributed by atoms with Gasteiger partial charge in [-0.3, -0.25) is 0 Å². The number of rotatable bonds is 5. The normalized spacial score (nSPS) is 16.0. The summed E-state index contributed by atoms with van der Waals surface area (Å²) >= 11 is 0. The Balaban J connectivity index is 0.00000288. The van der Waals surface area contributed by atoms with Crippen LogP contribution in [-0.2, 0) is 6.54 Å². The van der Waals surface area contributed by atoms with Crippen LogP contribution in [0.5, 0.6) is 0 Å². The second-order valence-corrected chi connectivity index (χ2v) is 6.69. The summed E-state index contributed by atoms with van der Waals surface area (Å²) in [4.78, 5) is 11.6. The van der Waals surface area contributed by atoms with Gasteiger partial charge in [-0.1, -0.05) is 13.0 Å². The lowest BCUT2D eigenvalue weighted by Crippen LogP contribution is -2.41. The van der Waals surface area contributed by atoms with E-state index in [4.69, 9.17) is 0 Å². The van der Waals surface area contributed by atoms with Crippen molar-refractivity contribution >= 4 is 35.8 Å². The monoisotopic (exact) mass is 445 g/mol. The number of nitrogens with one attached hydrogen (secondary N) is 2. The minimum Gasteiger partial charge on any atom is -0.357 e. The van der Waals surface area contributed by atoms with Gasteiger partial charge < -0.3 is 15.5 Å². The van der Waals surface area contributed by atoms with Gasteiger partial charge in [0.05, 0.1) is 6.54 Å². The van der Waals surface area contributed by atoms with Crippen LogP contribution in [0.3, 0.4) is 0 Å². The zero-order valence-corrected chi connectivity index (χ0v) is 17.7. The standard InChI is InChI=1S/C18H31N5.HI/c1-5-19-18(22-14(2)3)21-13-16-6-7-17(20-12-16)23-10-8-15(4)9-11-23;/h6-7,12,14-15H,5,8-11,13H2,1-4H3,(H2,19,21,22);1H. The third-order valence-electron chi connectivity index (χ3n) is 4.11. The average molecular weight is 445 g/mol. The first-order chi connectivity index (χ1) is 11.1. The van der Waals surface area contributed by atoms with Crippen LogP contribution < -0.4 is 15.5 Å². The number of halogens is 1. The molecule has 0 aromatic carbocycles. The number of hydrogen-bond donors (Lipinski definition) is 2. The first-order valence-corrected chi connectivity index (χ1v) is 8.83. The smallest absolute Gasteiger partial charge is 0.191 e. The topological polar surface area (TPSA) is 52.6 Å². The molecule has 0 bridgehead atoms. The van der Waals surface area contributed by atoms with Crippen LogP contribution in [0.25, 0.3) is 0 Å². The maximum atomic E-state index is 4.63. The van der Waals surface area contributed by atoms with Gasteiger partial charge in [0, 0.05) is 31.9 Å². The molecule has 0 spiro atoms. The van der Waals surface area contributed by atoms with Gasteiger partial charge in [-0.15, -0.1) is 24.0 Å². The highest BCUT2D eigenvalue weighted by Crippen LogP contribution is 2.21. The lowest BCUT2D eigenvalue weighted by molar-refractivity contribution is 0.436. The molecule has 0 saturated carbocycles. The number of guanidine groups is 1. The largest absolute Gasteiger partial charge is 0.357 e. The Labute approximate surface area is 163 Å². The van der Waals surface area contributed by atoms with Crippen molar-refractivity contribution in [3.8, 4) is 0 Å². The highest BCUT2D eigenvalue weighted by Gasteiger charge is 2.16. The third kappa shape index (κ3) is 6.83. The molecule has 0 amide bonds. The number of anilines is 1. The van der Waals surface area contributed by atoms with E-state index in [0.29, 0.717) is 12.6 Å². The van der Waals surface area contributed by atoms with Gasteiger partial charge in [-0.25, -0.2) is 9.98 Å². The van der Waals surface area contributed by atoms with Crippen LogP contribution >= 0.6 is 24.0 Å². The molecule has 2 N–H and O–H groups in total. The van der Waals surface area contributed by atoms with Crippen LogP contribution in [0.4, 0.5) is 5.82 Å². The molecule has 1 fully saturated rings. The van der Waals surface area contributed by atoms with Crippen molar-refractivity contribution in [2.24, 2.45) is 10.9 Å². The molecule has 0 atom stereocenters. The molecule has 5 nitrogen and oxygen atoms in total. The minimum absolute atomic E-state index is 0. The van der Waals surface area contributed by atoms with Crippen LogP contribution in [0, 0.1) is 5.92 Å². The van der Waals surface area contributed by atoms with Gasteiger partial charge in [-0.2, -0.15) is 0 Å². The van der Waals surface area contributed by atoms with E-state index in [-0.39, 0.29) is 24.0 Å². The molecule has 1 aromatic heterocycles. The summed E-state index contributed by atoms with van der Waals surface area (Å²) in [6, 6.07) is 4.64. The van der Waals surface area contributed by atoms with E-state index >= 15 is 0 Å². The van der Waals surface area contributed by atoms with Crippen molar-refractivity contribution in [3.63, 3.8) is 0 Å². The molecule has 0 aliphatic carbocycles. The Morgan fingerprint density at radius 1 is 1.33 bits per heavy atom. The highest BCUT2D eigenvalue weighted by molar-refractivity contribution is 14.0. The van der Waals surface area contributed by atoms with Crippen molar-refractivity contribution < 1.29 is 0 Å². The lowest BCUT2D eigenvalue weighted by Gasteiger charge is -2.31. The molecule has 6 heteroatoms. The van der Waals surface area contributed by atoms with Gasteiger partial charge in [-0.05, 0) is 51.2 Å². The van der Waals surface area contributed by atoms with Gasteiger partial charge in [0.15, 0.2) is 5.96 Å². The molecule has 136 valence electrons. The van der Waals surface area contributed by atoms with Crippen molar-refractivity contribution in [1.29, 1.82) is 0 Å². The number of pyridine rings is 1. The van der Waals surface area contributed by atoms with Gasteiger partial charge >= 0.3 is 0 Å². The molecule has 1 aliphatic rings. The van der Waals surface area contributed by atoms with E-state index in [1.807, 2.05) is 6.20 Å². The van der Waals surface area contributed by atoms with Gasteiger partial charge in [0.2, 0.25) is 0 Å². The fourth-order valence-corrected chi connectivity index (χ4v) is 2.70. The fraction of sp³-hybridized carbons (Fsp3) is 0.667. The Kier molecular flexibility index (Phi) is 9.39. The third-order valence-corrected chi connectivity index (χ3v) is 4.11. The Morgan fingerprint density at radius 3 is 2.58 bits per heavy atom. The number of aliphatic imine (C=N–C) groups is 1. The van der Waals surface area contributed by atoms with Crippen LogP contribution in [-0.4, -0.2) is 36.6 Å². The summed E-state index contributed by atoms with van der Waals surface area (Å²) in [6.45, 7) is 12.4. The number of piperidine rings is 1. The molecule has 24 heavy (non-hydrogen) atoms. The fourth-order valence-electron chi connectivity index (χ4n) is 2.70. The SMILES string of the molecule is CCNC(=NCc1ccc(N2CCC(C)CC2)nc1)NC(C)C.I. The molecular weight excluding hydrogens is 413 g/mol. The van der Waals surface area contributed by atoms with E-state index in [9.17, 15) is 0 Å². The van der Waals surface area contributed by atoms with Crippen molar-refractivity contribution in [3.05, 3.63) is 23.9 Å². The Hall–Kier alpha value is -1.05. The predicted molar refractivity (Wildman–Crippen MR) is 113 cm³/mol. The predicted octanol–water partition coefficient (Wildman–Crippen LogP) is 3.40. The second-order valence-electron chi connectivity index (χ2n) is 6.69. The lowest BCUT2D eigenvalue weighted by atomic mass is 9.99. The van der Waals surface area contributed by atoms with Gasteiger partial charge in [0.25, 0.3) is 0 Å². The van der Waals surface area contributed by atoms with E-state index in [0.717, 1.165) is 42.9 Å². The van der Waals surface area contributed by atoms with Crippen molar-refractivity contribution in [1.82, 2.24) is 15.6 Å². The van der Waals surface area contributed by atoms with E-state index in [1.54, 1.807) is 0 Å². The second kappa shape index (κ2) is 10.7. The van der Waals surface area contributed by atoms with Crippen LogP contribution in [0.15, 0.2) is 23.3 Å². The molecule has 0 unspecified atom stereocenters. The summed E-state index contributed by atoms with van der Waals surface area (Å²) in [7, 11) is 0. The van der Waals surface area contributed by atoms with Crippen LogP contribution in [0.1, 0.15) is 46.1 Å². The van der Waals surface area contributed by atoms with Crippen molar-refractivity contribution in [2.45, 2.75) is 53.1 Å². The first kappa shape index (κ1) is 21.0. The first-order valence-electron chi connectivity index (χ1n) is 8.83. The van der Waals surface area contributed by atoms with Gasteiger partial charge in [0.1, 0.15) is 5.82 Å². The summed E-state index contributed by atoms with van der Waals surface area (Å²) in [6.07, 6.45) is 4.48. The maximum absolute atomic E-state index is 4.63. The molecular formula is C18H32IN5. The summed E-state index contributed by atoms with van der Waals surface area (Å²) in [5, 5.41) is 6.59.